The maximum atomic E-state index is 12.5. The van der Waals surface area contributed by atoms with Gasteiger partial charge in [0.05, 0.1) is 11.3 Å². The number of hydrogen-bond acceptors (Lipinski definition) is 5. The number of aromatic nitrogens is 2. The molecule has 0 spiro atoms. The zero-order valence-electron chi connectivity index (χ0n) is 17.2. The lowest BCUT2D eigenvalue weighted by Gasteiger charge is -2.12. The highest BCUT2D eigenvalue weighted by molar-refractivity contribution is 5.96. The molecule has 0 radical (unpaired) electrons. The van der Waals surface area contributed by atoms with Gasteiger partial charge in [-0.1, -0.05) is 49.3 Å². The van der Waals surface area contributed by atoms with Crippen LogP contribution in [0.4, 0.5) is 16.2 Å². The number of carbonyl (C=O) groups excluding carboxylic acids is 2. The fraction of sp³-hybridized carbons (Fsp3) is 0.273. The van der Waals surface area contributed by atoms with E-state index in [-0.39, 0.29) is 30.8 Å². The van der Waals surface area contributed by atoms with Gasteiger partial charge in [-0.05, 0) is 30.7 Å². The van der Waals surface area contributed by atoms with E-state index < -0.39 is 0 Å². The molecule has 0 bridgehead atoms. The van der Waals surface area contributed by atoms with Crippen molar-refractivity contribution in [2.75, 3.05) is 17.2 Å². The van der Waals surface area contributed by atoms with Crippen molar-refractivity contribution in [3.63, 3.8) is 0 Å². The molecule has 1 heterocycles. The summed E-state index contributed by atoms with van der Waals surface area (Å²) >= 11 is 0. The predicted octanol–water partition coefficient (Wildman–Crippen LogP) is 4.32. The lowest BCUT2D eigenvalue weighted by Crippen LogP contribution is -2.31. The number of anilines is 2. The lowest BCUT2D eigenvalue weighted by atomic mass is 10.1. The Morgan fingerprint density at radius 1 is 1.03 bits per heavy atom. The highest BCUT2D eigenvalue weighted by atomic mass is 16.5. The Morgan fingerprint density at radius 2 is 1.80 bits per heavy atom. The molecule has 3 N–H and O–H groups in total. The average Bonchev–Trinajstić information content (AvgIpc) is 3.21. The van der Waals surface area contributed by atoms with E-state index in [1.807, 2.05) is 57.2 Å². The van der Waals surface area contributed by atoms with Crippen LogP contribution in [0.1, 0.15) is 37.6 Å². The molecule has 3 amide bonds. The molecule has 0 aliphatic rings. The van der Waals surface area contributed by atoms with Crippen molar-refractivity contribution in [2.45, 2.75) is 33.1 Å². The van der Waals surface area contributed by atoms with E-state index in [1.165, 1.54) is 0 Å². The van der Waals surface area contributed by atoms with E-state index in [0.29, 0.717) is 28.7 Å². The summed E-state index contributed by atoms with van der Waals surface area (Å²) in [6, 6.07) is 14.3. The van der Waals surface area contributed by atoms with E-state index in [2.05, 4.69) is 26.1 Å². The highest BCUT2D eigenvalue weighted by Gasteiger charge is 2.17. The molecule has 2 aromatic carbocycles. The number of para-hydroxylation sites is 2. The van der Waals surface area contributed by atoms with E-state index >= 15 is 0 Å². The Labute approximate surface area is 175 Å². The molecule has 0 unspecified atom stereocenters. The van der Waals surface area contributed by atoms with E-state index in [4.69, 9.17) is 4.52 Å². The van der Waals surface area contributed by atoms with Gasteiger partial charge >= 0.3 is 6.03 Å². The van der Waals surface area contributed by atoms with Gasteiger partial charge in [-0.25, -0.2) is 4.79 Å². The summed E-state index contributed by atoms with van der Waals surface area (Å²) < 4.78 is 5.38. The molecule has 8 nitrogen and oxygen atoms in total. The maximum Gasteiger partial charge on any atom is 0.319 e. The zero-order chi connectivity index (χ0) is 21.5. The normalized spacial score (nSPS) is 10.7. The fourth-order valence-electron chi connectivity index (χ4n) is 2.78. The Morgan fingerprint density at radius 3 is 2.50 bits per heavy atom. The zero-order valence-corrected chi connectivity index (χ0v) is 17.2. The van der Waals surface area contributed by atoms with Crippen LogP contribution in [0.25, 0.3) is 11.5 Å². The second-order valence-electron chi connectivity index (χ2n) is 7.16. The Hall–Kier alpha value is -3.68. The van der Waals surface area contributed by atoms with E-state index in [9.17, 15) is 9.59 Å². The van der Waals surface area contributed by atoms with Gasteiger partial charge in [0.15, 0.2) is 5.82 Å². The van der Waals surface area contributed by atoms with Crippen molar-refractivity contribution >= 4 is 23.3 Å². The van der Waals surface area contributed by atoms with E-state index in [1.54, 1.807) is 12.1 Å². The van der Waals surface area contributed by atoms with Crippen LogP contribution in [0.3, 0.4) is 0 Å². The van der Waals surface area contributed by atoms with Crippen molar-refractivity contribution < 1.29 is 14.1 Å². The number of nitrogens with one attached hydrogen (secondary N) is 3. The van der Waals surface area contributed by atoms with Crippen LogP contribution in [-0.2, 0) is 4.79 Å². The van der Waals surface area contributed by atoms with Crippen molar-refractivity contribution in [3.8, 4) is 11.5 Å². The number of urea groups is 1. The fourth-order valence-corrected chi connectivity index (χ4v) is 2.78. The molecule has 0 saturated heterocycles. The third-order valence-electron chi connectivity index (χ3n) is 4.40. The lowest BCUT2D eigenvalue weighted by molar-refractivity contribution is -0.116. The van der Waals surface area contributed by atoms with Crippen LogP contribution in [0.2, 0.25) is 0 Å². The number of aryl methyl sites for hydroxylation is 1. The third-order valence-corrected chi connectivity index (χ3v) is 4.40. The van der Waals surface area contributed by atoms with Gasteiger partial charge in [0, 0.05) is 24.6 Å². The molecule has 3 rings (SSSR count). The molecular formula is C22H25N5O3. The third kappa shape index (κ3) is 5.44. The molecule has 1 aromatic heterocycles. The van der Waals surface area contributed by atoms with Gasteiger partial charge in [0.1, 0.15) is 0 Å². The van der Waals surface area contributed by atoms with Crippen LogP contribution in [0.15, 0.2) is 53.1 Å². The van der Waals surface area contributed by atoms with Gasteiger partial charge in [-0.3, -0.25) is 4.79 Å². The molecule has 0 fully saturated rings. The summed E-state index contributed by atoms with van der Waals surface area (Å²) in [5, 5.41) is 12.3. The highest BCUT2D eigenvalue weighted by Crippen LogP contribution is 2.30. The molecule has 0 aliphatic heterocycles. The standard InChI is InChI=1S/C22H25N5O3/c1-14(2)20-26-21(30-27-20)17-11-7-8-15(3)19(17)25-18(28)12-13-23-22(29)24-16-9-5-4-6-10-16/h4-11,14H,12-13H2,1-3H3,(H,25,28)(H2,23,24,29). The number of carbonyl (C=O) groups is 2. The van der Waals surface area contributed by atoms with Gasteiger partial charge in [0.2, 0.25) is 5.91 Å². The first-order valence-corrected chi connectivity index (χ1v) is 9.77. The summed E-state index contributed by atoms with van der Waals surface area (Å²) in [6.45, 7) is 6.05. The van der Waals surface area contributed by atoms with Crippen molar-refractivity contribution in [2.24, 2.45) is 0 Å². The van der Waals surface area contributed by atoms with E-state index in [0.717, 1.165) is 5.56 Å². The minimum absolute atomic E-state index is 0.122. The van der Waals surface area contributed by atoms with Crippen molar-refractivity contribution in [3.05, 3.63) is 59.9 Å². The second-order valence-corrected chi connectivity index (χ2v) is 7.16. The Bertz CT molecular complexity index is 1010. The van der Waals surface area contributed by atoms with Crippen LogP contribution in [0, 0.1) is 6.92 Å². The molecule has 0 atom stereocenters. The molecule has 0 aliphatic carbocycles. The molecular weight excluding hydrogens is 382 g/mol. The van der Waals surface area contributed by atoms with Crippen LogP contribution < -0.4 is 16.0 Å². The van der Waals surface area contributed by atoms with Crippen LogP contribution in [-0.4, -0.2) is 28.6 Å². The van der Waals surface area contributed by atoms with Gasteiger partial charge in [0.25, 0.3) is 5.89 Å². The van der Waals surface area contributed by atoms with Crippen LogP contribution in [0.5, 0.6) is 0 Å². The maximum absolute atomic E-state index is 12.5. The summed E-state index contributed by atoms with van der Waals surface area (Å²) in [5.74, 6) is 0.878. The average molecular weight is 407 g/mol. The molecule has 156 valence electrons. The van der Waals surface area contributed by atoms with Gasteiger partial charge < -0.3 is 20.5 Å². The largest absolute Gasteiger partial charge is 0.337 e. The second kappa shape index (κ2) is 9.69. The monoisotopic (exact) mass is 407 g/mol. The Balaban J connectivity index is 1.59. The summed E-state index contributed by atoms with van der Waals surface area (Å²) in [6.07, 6.45) is 0.122. The molecule has 30 heavy (non-hydrogen) atoms. The number of hydrogen-bond donors (Lipinski definition) is 3. The Kier molecular flexibility index (Phi) is 6.79. The molecule has 0 saturated carbocycles. The predicted molar refractivity (Wildman–Crippen MR) is 115 cm³/mol. The van der Waals surface area contributed by atoms with Gasteiger partial charge in [-0.2, -0.15) is 4.98 Å². The first-order chi connectivity index (χ1) is 14.4. The minimum Gasteiger partial charge on any atom is -0.337 e. The minimum atomic E-state index is -0.363. The van der Waals surface area contributed by atoms with Crippen LogP contribution >= 0.6 is 0 Å². The number of nitrogens with zero attached hydrogens (tertiary/aromatic N) is 2. The quantitative estimate of drug-likeness (QED) is 0.540. The summed E-state index contributed by atoms with van der Waals surface area (Å²) in [4.78, 5) is 28.8. The topological polar surface area (TPSA) is 109 Å². The summed E-state index contributed by atoms with van der Waals surface area (Å²) in [5.41, 5.74) is 2.84. The summed E-state index contributed by atoms with van der Waals surface area (Å²) in [7, 11) is 0. The number of amides is 3. The SMILES string of the molecule is Cc1cccc(-c2nc(C(C)C)no2)c1NC(=O)CCNC(=O)Nc1ccccc1. The first-order valence-electron chi connectivity index (χ1n) is 9.77. The first kappa shape index (κ1) is 21.0. The number of rotatable bonds is 7. The molecule has 3 aromatic rings. The smallest absolute Gasteiger partial charge is 0.319 e. The number of benzene rings is 2. The molecule has 8 heteroatoms. The van der Waals surface area contributed by atoms with Gasteiger partial charge in [-0.15, -0.1) is 0 Å². The van der Waals surface area contributed by atoms with Crippen molar-refractivity contribution in [1.29, 1.82) is 0 Å². The van der Waals surface area contributed by atoms with Crippen molar-refractivity contribution in [1.82, 2.24) is 15.5 Å².